The van der Waals surface area contributed by atoms with Gasteiger partial charge in [0.2, 0.25) is 0 Å². The molecule has 1 heterocycles. The fourth-order valence-electron chi connectivity index (χ4n) is 0.915. The molecule has 0 aromatic carbocycles. The number of hydrogen-bond acceptors (Lipinski definition) is 3. The van der Waals surface area contributed by atoms with Crippen molar-refractivity contribution in [3.8, 4) is 0 Å². The summed E-state index contributed by atoms with van der Waals surface area (Å²) in [6.07, 6.45) is 2.35. The number of aldehydes is 1. The van der Waals surface area contributed by atoms with Gasteiger partial charge >= 0.3 is 0 Å². The number of nitrogens with two attached hydrogens (primary N) is 1. The molecule has 62 valence electrons. The van der Waals surface area contributed by atoms with Crippen LogP contribution in [0.1, 0.15) is 16.1 Å². The Kier molecular flexibility index (Phi) is 2.53. The monoisotopic (exact) mass is 164 g/mol. The maximum atomic E-state index is 10.7. The van der Waals surface area contributed by atoms with Gasteiger partial charge in [-0.2, -0.15) is 0 Å². The molecule has 0 fully saturated rings. The molecular weight excluding hydrogens is 156 g/mol. The van der Waals surface area contributed by atoms with Crippen molar-refractivity contribution < 1.29 is 9.59 Å². The third-order valence-electron chi connectivity index (χ3n) is 1.43. The summed E-state index contributed by atoms with van der Waals surface area (Å²) in [4.78, 5) is 24.7. The van der Waals surface area contributed by atoms with Crippen LogP contribution in [0.2, 0.25) is 0 Å². The Morgan fingerprint density at radius 3 is 3.00 bits per heavy atom. The molecule has 0 radical (unpaired) electrons. The smallest absolute Gasteiger partial charge is 0.267 e. The van der Waals surface area contributed by atoms with Crippen LogP contribution < -0.4 is 5.73 Å². The normalized spacial score (nSPS) is 9.33. The van der Waals surface area contributed by atoms with Crippen molar-refractivity contribution in [2.75, 3.05) is 0 Å². The Hall–Kier alpha value is -1.71. The lowest BCUT2D eigenvalue weighted by Gasteiger charge is -1.99. The van der Waals surface area contributed by atoms with E-state index in [1.54, 1.807) is 12.1 Å². The summed E-state index contributed by atoms with van der Waals surface area (Å²) in [5.74, 6) is -0.604. The number of primary amides is 1. The number of carbonyl (C=O) groups is 2. The summed E-state index contributed by atoms with van der Waals surface area (Å²) in [7, 11) is 0. The van der Waals surface area contributed by atoms with Crippen molar-refractivity contribution in [2.24, 2.45) is 5.73 Å². The highest BCUT2D eigenvalue weighted by Crippen LogP contribution is 2.03. The van der Waals surface area contributed by atoms with E-state index in [-0.39, 0.29) is 12.1 Å². The number of aromatic nitrogens is 1. The fourth-order valence-corrected chi connectivity index (χ4v) is 0.915. The summed E-state index contributed by atoms with van der Waals surface area (Å²) >= 11 is 0. The second-order valence-electron chi connectivity index (χ2n) is 2.25. The molecule has 1 amide bonds. The molecule has 0 saturated heterocycles. The molecule has 1 aromatic rings. The van der Waals surface area contributed by atoms with E-state index >= 15 is 0 Å². The van der Waals surface area contributed by atoms with Crippen molar-refractivity contribution >= 4 is 12.2 Å². The third kappa shape index (κ3) is 1.66. The number of rotatable bonds is 3. The Labute approximate surface area is 69.4 Å². The topological polar surface area (TPSA) is 73.1 Å². The number of hydrogen-bond donors (Lipinski definition) is 1. The first-order valence-electron chi connectivity index (χ1n) is 3.43. The minimum Gasteiger partial charge on any atom is -0.364 e. The number of nitrogens with zero attached hydrogens (tertiary/aromatic N) is 1. The summed E-state index contributed by atoms with van der Waals surface area (Å²) in [6, 6.07) is 3.31. The standard InChI is InChI=1S/C8H8N2O2/c9-8(12)7-6(3-5-11)2-1-4-10-7/h1-2,4-5H,3H2,(H2,9,12). The fraction of sp³-hybridized carbons (Fsp3) is 0.125. The van der Waals surface area contributed by atoms with Gasteiger partial charge in [0.1, 0.15) is 12.0 Å². The Morgan fingerprint density at radius 1 is 1.67 bits per heavy atom. The van der Waals surface area contributed by atoms with Gasteiger partial charge in [-0.3, -0.25) is 9.78 Å². The molecule has 0 aliphatic rings. The highest BCUT2D eigenvalue weighted by Gasteiger charge is 2.07. The van der Waals surface area contributed by atoms with E-state index in [2.05, 4.69) is 4.98 Å². The minimum absolute atomic E-state index is 0.171. The van der Waals surface area contributed by atoms with Gasteiger partial charge < -0.3 is 10.5 Å². The molecular formula is C8H8N2O2. The minimum atomic E-state index is -0.604. The van der Waals surface area contributed by atoms with Gasteiger partial charge in [0.05, 0.1) is 0 Å². The van der Waals surface area contributed by atoms with Gasteiger partial charge in [0, 0.05) is 12.6 Å². The van der Waals surface area contributed by atoms with Gasteiger partial charge in [-0.1, -0.05) is 6.07 Å². The van der Waals surface area contributed by atoms with Crippen molar-refractivity contribution in [3.63, 3.8) is 0 Å². The lowest BCUT2D eigenvalue weighted by Crippen LogP contribution is -2.15. The van der Waals surface area contributed by atoms with Crippen LogP contribution in [0.15, 0.2) is 18.3 Å². The lowest BCUT2D eigenvalue weighted by atomic mass is 10.1. The van der Waals surface area contributed by atoms with Gasteiger partial charge in [0.25, 0.3) is 5.91 Å². The Morgan fingerprint density at radius 2 is 2.42 bits per heavy atom. The Bertz CT molecular complexity index is 310. The van der Waals surface area contributed by atoms with E-state index in [9.17, 15) is 9.59 Å². The first kappa shape index (κ1) is 8.39. The SMILES string of the molecule is NC(=O)c1ncccc1CC=O. The van der Waals surface area contributed by atoms with Crippen LogP contribution in [0, 0.1) is 0 Å². The lowest BCUT2D eigenvalue weighted by molar-refractivity contribution is -0.107. The molecule has 4 nitrogen and oxygen atoms in total. The van der Waals surface area contributed by atoms with Crippen LogP contribution in [-0.4, -0.2) is 17.2 Å². The summed E-state index contributed by atoms with van der Waals surface area (Å²) in [6.45, 7) is 0. The van der Waals surface area contributed by atoms with E-state index in [0.29, 0.717) is 11.8 Å². The first-order chi connectivity index (χ1) is 5.75. The summed E-state index contributed by atoms with van der Waals surface area (Å²) < 4.78 is 0. The van der Waals surface area contributed by atoms with E-state index in [4.69, 9.17) is 5.73 Å². The Balaban J connectivity index is 3.07. The van der Waals surface area contributed by atoms with Crippen molar-refractivity contribution in [1.29, 1.82) is 0 Å². The second-order valence-corrected chi connectivity index (χ2v) is 2.25. The van der Waals surface area contributed by atoms with Crippen LogP contribution in [-0.2, 0) is 11.2 Å². The summed E-state index contributed by atoms with van der Waals surface area (Å²) in [5.41, 5.74) is 5.77. The molecule has 2 N–H and O–H groups in total. The van der Waals surface area contributed by atoms with Crippen LogP contribution in [0.4, 0.5) is 0 Å². The molecule has 0 aliphatic carbocycles. The van der Waals surface area contributed by atoms with Gasteiger partial charge in [-0.15, -0.1) is 0 Å². The quantitative estimate of drug-likeness (QED) is 0.635. The summed E-state index contributed by atoms with van der Waals surface area (Å²) in [5, 5.41) is 0. The number of amides is 1. The maximum Gasteiger partial charge on any atom is 0.267 e. The van der Waals surface area contributed by atoms with Gasteiger partial charge in [-0.25, -0.2) is 0 Å². The molecule has 4 heteroatoms. The zero-order valence-corrected chi connectivity index (χ0v) is 6.36. The molecule has 12 heavy (non-hydrogen) atoms. The highest BCUT2D eigenvalue weighted by atomic mass is 16.1. The molecule has 0 saturated carbocycles. The molecule has 0 aliphatic heterocycles. The van der Waals surface area contributed by atoms with E-state index in [1.165, 1.54) is 6.20 Å². The molecule has 0 spiro atoms. The van der Waals surface area contributed by atoms with E-state index < -0.39 is 5.91 Å². The maximum absolute atomic E-state index is 10.7. The first-order valence-corrected chi connectivity index (χ1v) is 3.43. The van der Waals surface area contributed by atoms with Crippen molar-refractivity contribution in [2.45, 2.75) is 6.42 Å². The molecule has 0 bridgehead atoms. The van der Waals surface area contributed by atoms with Gasteiger partial charge in [-0.05, 0) is 11.6 Å². The highest BCUT2D eigenvalue weighted by molar-refractivity contribution is 5.92. The average Bonchev–Trinajstić information content (AvgIpc) is 2.05. The van der Waals surface area contributed by atoms with Crippen LogP contribution >= 0.6 is 0 Å². The zero-order chi connectivity index (χ0) is 8.97. The number of pyridine rings is 1. The second kappa shape index (κ2) is 3.61. The van der Waals surface area contributed by atoms with Crippen LogP contribution in [0.25, 0.3) is 0 Å². The predicted molar refractivity (Wildman–Crippen MR) is 42.5 cm³/mol. The van der Waals surface area contributed by atoms with Crippen molar-refractivity contribution in [3.05, 3.63) is 29.6 Å². The predicted octanol–water partition coefficient (Wildman–Crippen LogP) is -0.0781. The third-order valence-corrected chi connectivity index (χ3v) is 1.43. The van der Waals surface area contributed by atoms with E-state index in [0.717, 1.165) is 0 Å². The largest absolute Gasteiger partial charge is 0.364 e. The number of carbonyl (C=O) groups excluding carboxylic acids is 2. The average molecular weight is 164 g/mol. The van der Waals surface area contributed by atoms with E-state index in [1.807, 2.05) is 0 Å². The van der Waals surface area contributed by atoms with Crippen molar-refractivity contribution in [1.82, 2.24) is 4.98 Å². The van der Waals surface area contributed by atoms with Gasteiger partial charge in [0.15, 0.2) is 0 Å². The molecule has 0 unspecified atom stereocenters. The van der Waals surface area contributed by atoms with Crippen LogP contribution in [0.5, 0.6) is 0 Å². The molecule has 1 rings (SSSR count). The molecule has 0 atom stereocenters. The zero-order valence-electron chi connectivity index (χ0n) is 6.36. The molecule has 1 aromatic heterocycles. The van der Waals surface area contributed by atoms with Crippen LogP contribution in [0.3, 0.4) is 0 Å².